The highest BCUT2D eigenvalue weighted by Crippen LogP contribution is 2.27. The minimum Gasteiger partial charge on any atom is -0.382 e. The van der Waals surface area contributed by atoms with Gasteiger partial charge in [-0.3, -0.25) is 0 Å². The summed E-state index contributed by atoms with van der Waals surface area (Å²) in [6, 6.07) is 6.98. The molecule has 0 saturated heterocycles. The first kappa shape index (κ1) is 13.1. The molecule has 1 fully saturated rings. The van der Waals surface area contributed by atoms with E-state index in [2.05, 4.69) is 52.9 Å². The van der Waals surface area contributed by atoms with Gasteiger partial charge < -0.3 is 5.32 Å². The topological polar surface area (TPSA) is 55.6 Å². The molecular formula is C15H21N5. The maximum absolute atomic E-state index is 3.97. The molecule has 0 amide bonds. The van der Waals surface area contributed by atoms with Crippen LogP contribution in [0.15, 0.2) is 24.5 Å². The molecule has 0 unspecified atom stereocenters. The van der Waals surface area contributed by atoms with E-state index in [4.69, 9.17) is 0 Å². The van der Waals surface area contributed by atoms with Crippen LogP contribution in [0.1, 0.15) is 38.2 Å². The van der Waals surface area contributed by atoms with E-state index in [0.717, 1.165) is 17.3 Å². The lowest BCUT2D eigenvalue weighted by atomic mass is 9.87. The summed E-state index contributed by atoms with van der Waals surface area (Å²) < 4.78 is 1.71. The Morgan fingerprint density at radius 1 is 1.20 bits per heavy atom. The predicted molar refractivity (Wildman–Crippen MR) is 78.9 cm³/mol. The molecule has 1 aromatic carbocycles. The van der Waals surface area contributed by atoms with Crippen LogP contribution in [0.3, 0.4) is 0 Å². The molecule has 1 aromatic heterocycles. The Balaban J connectivity index is 1.76. The molecule has 0 aliphatic heterocycles. The second-order valence-electron chi connectivity index (χ2n) is 5.86. The van der Waals surface area contributed by atoms with E-state index in [0.29, 0.717) is 6.04 Å². The highest BCUT2D eigenvalue weighted by atomic mass is 15.5. The summed E-state index contributed by atoms with van der Waals surface area (Å²) in [7, 11) is 0. The van der Waals surface area contributed by atoms with Crippen molar-refractivity contribution < 1.29 is 0 Å². The Hall–Kier alpha value is -1.91. The van der Waals surface area contributed by atoms with Gasteiger partial charge in [0.2, 0.25) is 0 Å². The lowest BCUT2D eigenvalue weighted by Gasteiger charge is -2.28. The van der Waals surface area contributed by atoms with E-state index in [-0.39, 0.29) is 0 Å². The van der Waals surface area contributed by atoms with Gasteiger partial charge in [-0.15, -0.1) is 5.10 Å². The van der Waals surface area contributed by atoms with Crippen molar-refractivity contribution >= 4 is 5.69 Å². The monoisotopic (exact) mass is 271 g/mol. The molecule has 20 heavy (non-hydrogen) atoms. The molecule has 1 heterocycles. The van der Waals surface area contributed by atoms with E-state index in [1.807, 2.05) is 0 Å². The highest BCUT2D eigenvalue weighted by Gasteiger charge is 2.18. The standard InChI is InChI=1S/C15H21N5/c1-11-3-6-13(7-4-11)17-14-8-5-12(2)15(9-14)20-10-16-18-19-20/h5,8-11,13,17H,3-4,6-7H2,1-2H3. The first-order valence-corrected chi connectivity index (χ1v) is 7.33. The smallest absolute Gasteiger partial charge is 0.143 e. The van der Waals surface area contributed by atoms with Crippen LogP contribution in [0.2, 0.25) is 0 Å². The number of anilines is 1. The van der Waals surface area contributed by atoms with Crippen molar-refractivity contribution in [3.05, 3.63) is 30.1 Å². The van der Waals surface area contributed by atoms with Crippen LogP contribution >= 0.6 is 0 Å². The molecule has 0 radical (unpaired) electrons. The molecule has 1 N–H and O–H groups in total. The number of hydrogen-bond acceptors (Lipinski definition) is 4. The van der Waals surface area contributed by atoms with Gasteiger partial charge in [0.05, 0.1) is 5.69 Å². The first-order valence-electron chi connectivity index (χ1n) is 7.33. The predicted octanol–water partition coefficient (Wildman–Crippen LogP) is 2.96. The Bertz CT molecular complexity index is 556. The third-order valence-electron chi connectivity index (χ3n) is 4.19. The molecule has 5 nitrogen and oxygen atoms in total. The van der Waals surface area contributed by atoms with E-state index in [9.17, 15) is 0 Å². The Kier molecular flexibility index (Phi) is 3.67. The van der Waals surface area contributed by atoms with Gasteiger partial charge in [0.15, 0.2) is 0 Å². The molecule has 2 aromatic rings. The molecule has 0 atom stereocenters. The third kappa shape index (κ3) is 2.81. The van der Waals surface area contributed by atoms with Crippen LogP contribution in [-0.4, -0.2) is 26.2 Å². The fourth-order valence-electron chi connectivity index (χ4n) is 2.86. The van der Waals surface area contributed by atoms with Crippen LogP contribution in [0.25, 0.3) is 5.69 Å². The quantitative estimate of drug-likeness (QED) is 0.932. The van der Waals surface area contributed by atoms with Crippen molar-refractivity contribution in [1.82, 2.24) is 20.2 Å². The van der Waals surface area contributed by atoms with E-state index >= 15 is 0 Å². The van der Waals surface area contributed by atoms with Crippen LogP contribution < -0.4 is 5.32 Å². The number of aryl methyl sites for hydroxylation is 1. The number of rotatable bonds is 3. The van der Waals surface area contributed by atoms with Crippen molar-refractivity contribution in [2.45, 2.75) is 45.6 Å². The molecule has 0 bridgehead atoms. The summed E-state index contributed by atoms with van der Waals surface area (Å²) in [5.74, 6) is 0.878. The van der Waals surface area contributed by atoms with Gasteiger partial charge in [0, 0.05) is 11.7 Å². The molecule has 1 aliphatic rings. The summed E-state index contributed by atoms with van der Waals surface area (Å²) in [6.07, 6.45) is 6.80. The molecule has 106 valence electrons. The number of aromatic nitrogens is 4. The summed E-state index contributed by atoms with van der Waals surface area (Å²) in [5.41, 5.74) is 3.35. The lowest BCUT2D eigenvalue weighted by Crippen LogP contribution is -2.25. The summed E-state index contributed by atoms with van der Waals surface area (Å²) >= 11 is 0. The maximum Gasteiger partial charge on any atom is 0.143 e. The zero-order valence-electron chi connectivity index (χ0n) is 12.1. The Labute approximate surface area is 119 Å². The number of hydrogen-bond donors (Lipinski definition) is 1. The fraction of sp³-hybridized carbons (Fsp3) is 0.533. The molecule has 0 spiro atoms. The van der Waals surface area contributed by atoms with Crippen molar-refractivity contribution in [3.8, 4) is 5.69 Å². The number of benzene rings is 1. The summed E-state index contributed by atoms with van der Waals surface area (Å²) in [4.78, 5) is 0. The zero-order chi connectivity index (χ0) is 13.9. The van der Waals surface area contributed by atoms with Gasteiger partial charge in [-0.05, 0) is 66.6 Å². The minimum atomic E-state index is 0.593. The van der Waals surface area contributed by atoms with Gasteiger partial charge in [-0.2, -0.15) is 0 Å². The molecule has 3 rings (SSSR count). The Morgan fingerprint density at radius 3 is 2.70 bits per heavy atom. The first-order chi connectivity index (χ1) is 9.72. The van der Waals surface area contributed by atoms with Gasteiger partial charge in [-0.25, -0.2) is 4.68 Å². The number of tetrazole rings is 1. The normalized spacial score (nSPS) is 22.7. The van der Waals surface area contributed by atoms with E-state index in [1.54, 1.807) is 11.0 Å². The van der Waals surface area contributed by atoms with Gasteiger partial charge >= 0.3 is 0 Å². The molecule has 1 aliphatic carbocycles. The third-order valence-corrected chi connectivity index (χ3v) is 4.19. The van der Waals surface area contributed by atoms with Crippen molar-refractivity contribution in [3.63, 3.8) is 0 Å². The van der Waals surface area contributed by atoms with E-state index in [1.165, 1.54) is 31.2 Å². The van der Waals surface area contributed by atoms with Crippen molar-refractivity contribution in [1.29, 1.82) is 0 Å². The SMILES string of the molecule is Cc1ccc(NC2CCC(C)CC2)cc1-n1cnnn1. The lowest BCUT2D eigenvalue weighted by molar-refractivity contribution is 0.361. The summed E-state index contributed by atoms with van der Waals surface area (Å²) in [5, 5.41) is 15.0. The van der Waals surface area contributed by atoms with Gasteiger partial charge in [-0.1, -0.05) is 13.0 Å². The maximum atomic E-state index is 3.97. The van der Waals surface area contributed by atoms with E-state index < -0.39 is 0 Å². The highest BCUT2D eigenvalue weighted by molar-refractivity contribution is 5.54. The van der Waals surface area contributed by atoms with Crippen molar-refractivity contribution in [2.24, 2.45) is 5.92 Å². The minimum absolute atomic E-state index is 0.593. The average molecular weight is 271 g/mol. The van der Waals surface area contributed by atoms with Gasteiger partial charge in [0.25, 0.3) is 0 Å². The molecular weight excluding hydrogens is 250 g/mol. The fourth-order valence-corrected chi connectivity index (χ4v) is 2.86. The second-order valence-corrected chi connectivity index (χ2v) is 5.86. The van der Waals surface area contributed by atoms with Crippen LogP contribution in [0.4, 0.5) is 5.69 Å². The Morgan fingerprint density at radius 2 is 2.00 bits per heavy atom. The van der Waals surface area contributed by atoms with Crippen LogP contribution in [0.5, 0.6) is 0 Å². The van der Waals surface area contributed by atoms with Crippen LogP contribution in [-0.2, 0) is 0 Å². The number of nitrogens with one attached hydrogen (secondary N) is 1. The van der Waals surface area contributed by atoms with Gasteiger partial charge in [0.1, 0.15) is 6.33 Å². The number of nitrogens with zero attached hydrogens (tertiary/aromatic N) is 4. The summed E-state index contributed by atoms with van der Waals surface area (Å²) in [6.45, 7) is 4.42. The molecule has 5 heteroatoms. The van der Waals surface area contributed by atoms with Crippen molar-refractivity contribution in [2.75, 3.05) is 5.32 Å². The van der Waals surface area contributed by atoms with Crippen LogP contribution in [0, 0.1) is 12.8 Å². The molecule has 1 saturated carbocycles. The average Bonchev–Trinajstić information content (AvgIpc) is 2.97. The second kappa shape index (κ2) is 5.61. The largest absolute Gasteiger partial charge is 0.382 e. The zero-order valence-corrected chi connectivity index (χ0v) is 12.1.